The van der Waals surface area contributed by atoms with Gasteiger partial charge in [0.1, 0.15) is 0 Å². The number of likely N-dealkylation sites (N-methyl/N-ethyl adjacent to an activating group) is 1. The number of benzene rings is 1. The van der Waals surface area contributed by atoms with Crippen LogP contribution in [-0.2, 0) is 11.3 Å². The summed E-state index contributed by atoms with van der Waals surface area (Å²) in [5.74, 6) is 0.515. The van der Waals surface area contributed by atoms with Crippen molar-refractivity contribution in [2.24, 2.45) is 5.92 Å². The molecule has 0 fully saturated rings. The summed E-state index contributed by atoms with van der Waals surface area (Å²) in [5.41, 5.74) is 2.55. The van der Waals surface area contributed by atoms with Crippen LogP contribution in [-0.4, -0.2) is 29.2 Å². The second-order valence-electron chi connectivity index (χ2n) is 5.74. The van der Waals surface area contributed by atoms with Crippen molar-refractivity contribution in [1.82, 2.24) is 14.9 Å². The van der Waals surface area contributed by atoms with Crippen molar-refractivity contribution in [3.05, 3.63) is 60.7 Å². The van der Waals surface area contributed by atoms with Gasteiger partial charge in [-0.2, -0.15) is 0 Å². The molecule has 3 rings (SSSR count). The predicted octanol–water partition coefficient (Wildman–Crippen LogP) is 2.94. The van der Waals surface area contributed by atoms with Gasteiger partial charge in [0, 0.05) is 30.1 Å². The van der Waals surface area contributed by atoms with Crippen LogP contribution < -0.4 is 5.32 Å². The summed E-state index contributed by atoms with van der Waals surface area (Å²) in [6, 6.07) is 10.7. The summed E-state index contributed by atoms with van der Waals surface area (Å²) in [6.07, 6.45) is 10.2. The van der Waals surface area contributed by atoms with Gasteiger partial charge in [0.15, 0.2) is 0 Å². The number of imidazole rings is 1. The molecule has 0 bridgehead atoms. The lowest BCUT2D eigenvalue weighted by Crippen LogP contribution is -2.37. The highest BCUT2D eigenvalue weighted by molar-refractivity contribution is 5.47. The molecule has 1 aliphatic carbocycles. The van der Waals surface area contributed by atoms with Crippen molar-refractivity contribution in [3.63, 3.8) is 0 Å². The fourth-order valence-corrected chi connectivity index (χ4v) is 2.99. The van der Waals surface area contributed by atoms with Gasteiger partial charge in [0.25, 0.3) is 0 Å². The molecule has 1 aromatic carbocycles. The van der Waals surface area contributed by atoms with E-state index >= 15 is 0 Å². The minimum absolute atomic E-state index is 0.349. The molecular formula is C18H23N3O. The van der Waals surface area contributed by atoms with Crippen molar-refractivity contribution in [3.8, 4) is 0 Å². The maximum Gasteiger partial charge on any atom is 0.0989 e. The monoisotopic (exact) mass is 297 g/mol. The van der Waals surface area contributed by atoms with Crippen LogP contribution in [0.25, 0.3) is 5.70 Å². The molecule has 2 atom stereocenters. The second kappa shape index (κ2) is 7.38. The van der Waals surface area contributed by atoms with Crippen LogP contribution >= 0.6 is 0 Å². The van der Waals surface area contributed by atoms with Gasteiger partial charge in [-0.3, -0.25) is 0 Å². The Bertz CT molecular complexity index is 592. The van der Waals surface area contributed by atoms with Gasteiger partial charge >= 0.3 is 0 Å². The van der Waals surface area contributed by atoms with E-state index in [0.717, 1.165) is 19.4 Å². The highest BCUT2D eigenvalue weighted by atomic mass is 16.5. The van der Waals surface area contributed by atoms with E-state index in [-0.39, 0.29) is 0 Å². The van der Waals surface area contributed by atoms with Crippen LogP contribution in [0.5, 0.6) is 0 Å². The molecule has 0 amide bonds. The van der Waals surface area contributed by atoms with Crippen LogP contribution in [0.4, 0.5) is 0 Å². The normalized spacial score (nSPS) is 21.6. The summed E-state index contributed by atoms with van der Waals surface area (Å²) >= 11 is 0. The van der Waals surface area contributed by atoms with Crippen molar-refractivity contribution in [1.29, 1.82) is 0 Å². The molecule has 0 spiro atoms. The van der Waals surface area contributed by atoms with Crippen molar-refractivity contribution in [2.75, 3.05) is 13.7 Å². The van der Waals surface area contributed by atoms with Crippen molar-refractivity contribution < 1.29 is 4.74 Å². The van der Waals surface area contributed by atoms with E-state index in [1.165, 1.54) is 11.3 Å². The van der Waals surface area contributed by atoms with Gasteiger partial charge in [0.2, 0.25) is 0 Å². The summed E-state index contributed by atoms with van der Waals surface area (Å²) in [5, 5.41) is 3.40. The lowest BCUT2D eigenvalue weighted by Gasteiger charge is -2.30. The molecule has 2 aromatic rings. The average Bonchev–Trinajstić information content (AvgIpc) is 3.10. The first-order chi connectivity index (χ1) is 10.9. The lowest BCUT2D eigenvalue weighted by molar-refractivity contribution is 0.0756. The number of hydrogen-bond acceptors (Lipinski definition) is 3. The number of allylic oxidation sites excluding steroid dienone is 1. The Morgan fingerprint density at radius 1 is 1.32 bits per heavy atom. The molecule has 1 aliphatic rings. The Labute approximate surface area is 131 Å². The quantitative estimate of drug-likeness (QED) is 0.891. The number of nitrogens with one attached hydrogen (secondary N) is 1. The van der Waals surface area contributed by atoms with E-state index < -0.39 is 0 Å². The number of nitrogens with zero attached hydrogens (tertiary/aromatic N) is 2. The number of aromatic nitrogens is 2. The summed E-state index contributed by atoms with van der Waals surface area (Å²) < 4.78 is 8.03. The van der Waals surface area contributed by atoms with Crippen LogP contribution in [0.2, 0.25) is 0 Å². The minimum atomic E-state index is 0.349. The van der Waals surface area contributed by atoms with E-state index in [1.54, 1.807) is 0 Å². The Kier molecular flexibility index (Phi) is 5.03. The van der Waals surface area contributed by atoms with Crippen LogP contribution in [0.3, 0.4) is 0 Å². The van der Waals surface area contributed by atoms with Crippen molar-refractivity contribution in [2.45, 2.75) is 25.5 Å². The molecule has 22 heavy (non-hydrogen) atoms. The van der Waals surface area contributed by atoms with Crippen LogP contribution in [0.1, 0.15) is 18.4 Å². The Morgan fingerprint density at radius 2 is 2.18 bits per heavy atom. The Morgan fingerprint density at radius 3 is 2.91 bits per heavy atom. The van der Waals surface area contributed by atoms with E-state index in [1.807, 2.05) is 31.8 Å². The summed E-state index contributed by atoms with van der Waals surface area (Å²) in [4.78, 5) is 4.13. The van der Waals surface area contributed by atoms with Crippen LogP contribution in [0, 0.1) is 5.92 Å². The highest BCUT2D eigenvalue weighted by Gasteiger charge is 2.24. The van der Waals surface area contributed by atoms with Gasteiger partial charge in [-0.25, -0.2) is 4.98 Å². The minimum Gasteiger partial charge on any atom is -0.376 e. The molecule has 0 aliphatic heterocycles. The number of rotatable bonds is 6. The summed E-state index contributed by atoms with van der Waals surface area (Å²) in [6.45, 7) is 1.47. The van der Waals surface area contributed by atoms with Crippen LogP contribution in [0.15, 0.2) is 55.1 Å². The Balaban J connectivity index is 1.56. The molecular weight excluding hydrogens is 274 g/mol. The molecule has 4 nitrogen and oxygen atoms in total. The molecule has 1 heterocycles. The van der Waals surface area contributed by atoms with Gasteiger partial charge in [-0.05, 0) is 31.5 Å². The van der Waals surface area contributed by atoms with E-state index in [2.05, 4.69) is 45.2 Å². The smallest absolute Gasteiger partial charge is 0.0989 e. The fourth-order valence-electron chi connectivity index (χ4n) is 2.99. The third-order valence-corrected chi connectivity index (χ3v) is 4.26. The van der Waals surface area contributed by atoms with E-state index in [0.29, 0.717) is 18.6 Å². The fraction of sp³-hybridized carbons (Fsp3) is 0.389. The standard InChI is InChI=1S/C18H23N3O/c1-19-18-11-17(21-10-9-20-14-21)8-7-16(18)13-22-12-15-5-3-2-4-6-15/h2-6,9-11,14,16,18-19H,7-8,12-13H2,1H3. The zero-order valence-corrected chi connectivity index (χ0v) is 13.0. The number of ether oxygens (including phenoxy) is 1. The Hall–Kier alpha value is -1.91. The molecule has 1 N–H and O–H groups in total. The highest BCUT2D eigenvalue weighted by Crippen LogP contribution is 2.27. The SMILES string of the molecule is CNC1C=C(n2ccnc2)CCC1COCc1ccccc1. The van der Waals surface area contributed by atoms with E-state index in [9.17, 15) is 0 Å². The lowest BCUT2D eigenvalue weighted by atomic mass is 9.88. The first-order valence-corrected chi connectivity index (χ1v) is 7.85. The van der Waals surface area contributed by atoms with Gasteiger partial charge in [-0.15, -0.1) is 0 Å². The second-order valence-corrected chi connectivity index (χ2v) is 5.74. The molecule has 2 unspecified atom stereocenters. The molecule has 1 aromatic heterocycles. The zero-order valence-electron chi connectivity index (χ0n) is 13.0. The zero-order chi connectivity index (χ0) is 15.2. The average molecular weight is 297 g/mol. The largest absolute Gasteiger partial charge is 0.376 e. The van der Waals surface area contributed by atoms with Gasteiger partial charge < -0.3 is 14.6 Å². The van der Waals surface area contributed by atoms with Gasteiger partial charge in [0.05, 0.1) is 19.5 Å². The maximum atomic E-state index is 5.93. The van der Waals surface area contributed by atoms with Gasteiger partial charge in [-0.1, -0.05) is 30.3 Å². The maximum absolute atomic E-state index is 5.93. The number of hydrogen-bond donors (Lipinski definition) is 1. The van der Waals surface area contributed by atoms with Crippen molar-refractivity contribution >= 4 is 5.70 Å². The summed E-state index contributed by atoms with van der Waals surface area (Å²) in [7, 11) is 2.02. The first kappa shape index (κ1) is 15.0. The molecule has 116 valence electrons. The third-order valence-electron chi connectivity index (χ3n) is 4.26. The topological polar surface area (TPSA) is 39.1 Å². The molecule has 0 radical (unpaired) electrons. The first-order valence-electron chi connectivity index (χ1n) is 7.85. The third kappa shape index (κ3) is 3.64. The molecule has 0 saturated heterocycles. The predicted molar refractivity (Wildman–Crippen MR) is 88.2 cm³/mol. The molecule has 4 heteroatoms. The molecule has 0 saturated carbocycles. The van der Waals surface area contributed by atoms with E-state index in [4.69, 9.17) is 4.74 Å².